The zero-order valence-corrected chi connectivity index (χ0v) is 25.8. The Labute approximate surface area is 259 Å². The summed E-state index contributed by atoms with van der Waals surface area (Å²) < 4.78 is 37.0. The van der Waals surface area contributed by atoms with E-state index >= 15 is 0 Å². The van der Waals surface area contributed by atoms with Crippen LogP contribution in [0.15, 0.2) is 69.1 Å². The predicted octanol–water partition coefficient (Wildman–Crippen LogP) is 3.91. The van der Waals surface area contributed by atoms with Gasteiger partial charge >= 0.3 is 17.9 Å². The summed E-state index contributed by atoms with van der Waals surface area (Å²) >= 11 is 0. The summed E-state index contributed by atoms with van der Waals surface area (Å²) in [4.78, 5) is 52.7. The number of carbonyl (C=O) groups is 3. The highest BCUT2D eigenvalue weighted by atomic mass is 16.6. The first-order valence-corrected chi connectivity index (χ1v) is 15.1. The molecule has 4 heterocycles. The van der Waals surface area contributed by atoms with Crippen LogP contribution in [0, 0.1) is 16.7 Å². The maximum absolute atomic E-state index is 13.7. The highest BCUT2D eigenvalue weighted by molar-refractivity contribution is 5.90. The molecule has 8 unspecified atom stereocenters. The van der Waals surface area contributed by atoms with E-state index in [1.165, 1.54) is 67.1 Å². The molecule has 2 bridgehead atoms. The number of nitrogens with zero attached hydrogens (tertiary/aromatic N) is 1. The van der Waals surface area contributed by atoms with Crippen molar-refractivity contribution in [1.29, 1.82) is 0 Å². The van der Waals surface area contributed by atoms with Crippen molar-refractivity contribution in [2.75, 3.05) is 0 Å². The van der Waals surface area contributed by atoms with Crippen molar-refractivity contribution < 1.29 is 47.3 Å². The van der Waals surface area contributed by atoms with Gasteiger partial charge in [0.15, 0.2) is 6.10 Å². The van der Waals surface area contributed by atoms with Crippen LogP contribution in [-0.4, -0.2) is 63.7 Å². The van der Waals surface area contributed by atoms with Gasteiger partial charge in [0.1, 0.15) is 30.3 Å². The molecule has 12 nitrogen and oxygen atoms in total. The topological polar surface area (TPSA) is 157 Å². The van der Waals surface area contributed by atoms with E-state index in [-0.39, 0.29) is 22.2 Å². The average Bonchev–Trinajstić information content (AvgIpc) is 3.77. The fourth-order valence-electron chi connectivity index (χ4n) is 8.06. The lowest BCUT2D eigenvalue weighted by atomic mass is 9.44. The number of esters is 3. The fourth-order valence-corrected chi connectivity index (χ4v) is 8.06. The van der Waals surface area contributed by atoms with E-state index < -0.39 is 70.8 Å². The number of ether oxygens (including phenoxy) is 4. The van der Waals surface area contributed by atoms with E-state index in [4.69, 9.17) is 27.8 Å². The summed E-state index contributed by atoms with van der Waals surface area (Å²) in [5.74, 6) is -3.00. The van der Waals surface area contributed by atoms with Crippen molar-refractivity contribution in [3.8, 4) is 0 Å². The van der Waals surface area contributed by atoms with Crippen LogP contribution in [-0.2, 0) is 26.0 Å². The zero-order chi connectivity index (χ0) is 32.3. The quantitative estimate of drug-likeness (QED) is 0.301. The Morgan fingerprint density at radius 2 is 1.56 bits per heavy atom. The standard InChI is InChI=1S/C33H37NO11/c1-6-21-24-25(43-28(37)18-7-8-23(35)34(5)15-18)27(44-30(39)20-11-14-41-17-20)32(4)22(42-29(38)19-10-13-40-16-19)9-12-31(2,3)33(32,45-21)26(24)36/h7-8,10-11,13-17,21-22,24-27,36H,6,9,12H2,1-5H3. The Balaban J connectivity index is 1.51. The average molecular weight is 624 g/mol. The lowest BCUT2D eigenvalue weighted by Gasteiger charge is -2.65. The normalized spacial score (nSPS) is 33.2. The first-order chi connectivity index (χ1) is 21.4. The van der Waals surface area contributed by atoms with Gasteiger partial charge in [-0.25, -0.2) is 14.4 Å². The van der Waals surface area contributed by atoms with Gasteiger partial charge in [-0.2, -0.15) is 0 Å². The minimum Gasteiger partial charge on any atom is -0.472 e. The number of pyridine rings is 1. The molecule has 2 aliphatic carbocycles. The number of fused-ring (bicyclic) bond motifs is 1. The van der Waals surface area contributed by atoms with Crippen molar-refractivity contribution >= 4 is 17.9 Å². The van der Waals surface area contributed by atoms with Crippen molar-refractivity contribution in [2.24, 2.45) is 23.8 Å². The number of aliphatic hydroxyl groups excluding tert-OH is 1. The van der Waals surface area contributed by atoms with Gasteiger partial charge in [-0.15, -0.1) is 0 Å². The Bertz CT molecular complexity index is 1640. The Kier molecular flexibility index (Phi) is 7.56. The van der Waals surface area contributed by atoms with E-state index in [0.29, 0.717) is 19.3 Å². The maximum atomic E-state index is 13.7. The first kappa shape index (κ1) is 30.8. The van der Waals surface area contributed by atoms with Gasteiger partial charge in [0.2, 0.25) is 5.56 Å². The van der Waals surface area contributed by atoms with E-state index in [1.807, 2.05) is 20.8 Å². The smallest absolute Gasteiger partial charge is 0.341 e. The summed E-state index contributed by atoms with van der Waals surface area (Å²) in [6.07, 6.45) is 2.64. The summed E-state index contributed by atoms with van der Waals surface area (Å²) in [5.41, 5.74) is -3.42. The molecule has 1 saturated heterocycles. The lowest BCUT2D eigenvalue weighted by Crippen LogP contribution is -2.78. The number of carbonyl (C=O) groups excluding carboxylic acids is 3. The first-order valence-electron chi connectivity index (χ1n) is 15.1. The molecule has 2 saturated carbocycles. The van der Waals surface area contributed by atoms with Gasteiger partial charge in [-0.3, -0.25) is 4.79 Å². The van der Waals surface area contributed by atoms with E-state index in [0.717, 1.165) is 0 Å². The van der Waals surface area contributed by atoms with Crippen molar-refractivity contribution in [1.82, 2.24) is 4.57 Å². The Morgan fingerprint density at radius 1 is 0.933 bits per heavy atom. The molecule has 3 fully saturated rings. The number of aliphatic hydroxyl groups is 1. The molecule has 8 atom stereocenters. The van der Waals surface area contributed by atoms with E-state index in [1.54, 1.807) is 6.92 Å². The van der Waals surface area contributed by atoms with Crippen LogP contribution in [0.25, 0.3) is 0 Å². The molecule has 6 rings (SSSR count). The molecule has 0 aromatic carbocycles. The SMILES string of the molecule is CCC1OC23C(O)C1C(OC(=O)c1ccc(=O)n(C)c1)C(OC(=O)c1ccoc1)C2(C)C(OC(=O)c1ccoc1)CCC3(C)C. The van der Waals surface area contributed by atoms with Crippen LogP contribution in [0.4, 0.5) is 0 Å². The van der Waals surface area contributed by atoms with Crippen LogP contribution >= 0.6 is 0 Å². The number of furan rings is 2. The highest BCUT2D eigenvalue weighted by Gasteiger charge is 2.81. The number of aryl methyl sites for hydroxylation is 1. The summed E-state index contributed by atoms with van der Waals surface area (Å²) in [6, 6.07) is 5.53. The minimum atomic E-state index is -1.43. The van der Waals surface area contributed by atoms with E-state index in [2.05, 4.69) is 0 Å². The molecule has 1 N–H and O–H groups in total. The third-order valence-corrected chi connectivity index (χ3v) is 10.3. The molecule has 0 amide bonds. The number of rotatable bonds is 7. The van der Waals surface area contributed by atoms with Gasteiger partial charge in [0.05, 0.1) is 52.8 Å². The molecule has 12 heteroatoms. The van der Waals surface area contributed by atoms with E-state index in [9.17, 15) is 24.3 Å². The molecule has 1 spiro atoms. The second-order valence-corrected chi connectivity index (χ2v) is 13.0. The molecule has 0 radical (unpaired) electrons. The van der Waals surface area contributed by atoms with Crippen LogP contribution in [0.2, 0.25) is 0 Å². The highest BCUT2D eigenvalue weighted by Crippen LogP contribution is 2.69. The third-order valence-electron chi connectivity index (χ3n) is 10.3. The van der Waals surface area contributed by atoms with Crippen molar-refractivity contribution in [3.05, 3.63) is 82.6 Å². The molecule has 240 valence electrons. The molecule has 45 heavy (non-hydrogen) atoms. The van der Waals surface area contributed by atoms with Crippen LogP contribution in [0.5, 0.6) is 0 Å². The third kappa shape index (κ3) is 4.56. The van der Waals surface area contributed by atoms with Crippen molar-refractivity contribution in [2.45, 2.75) is 83.1 Å². The summed E-state index contributed by atoms with van der Waals surface area (Å²) in [5, 5.41) is 12.3. The second kappa shape index (κ2) is 11.0. The monoisotopic (exact) mass is 623 g/mol. The molecule has 3 aromatic rings. The van der Waals surface area contributed by atoms with Gasteiger partial charge < -0.3 is 37.5 Å². The fraction of sp³-hybridized carbons (Fsp3) is 0.515. The molecule has 3 aromatic heterocycles. The summed E-state index contributed by atoms with van der Waals surface area (Å²) in [6.45, 7) is 7.61. The Morgan fingerprint density at radius 3 is 2.13 bits per heavy atom. The Hall–Kier alpha value is -4.16. The van der Waals surface area contributed by atoms with Crippen LogP contribution in [0.3, 0.4) is 0 Å². The molecule has 3 aliphatic rings. The maximum Gasteiger partial charge on any atom is 0.341 e. The van der Waals surface area contributed by atoms with Gasteiger partial charge in [-0.1, -0.05) is 20.8 Å². The predicted molar refractivity (Wildman–Crippen MR) is 155 cm³/mol. The summed E-state index contributed by atoms with van der Waals surface area (Å²) in [7, 11) is 1.51. The molecule has 1 aliphatic heterocycles. The van der Waals surface area contributed by atoms with Gasteiger partial charge in [0.25, 0.3) is 0 Å². The minimum absolute atomic E-state index is 0.0902. The van der Waals surface area contributed by atoms with Gasteiger partial charge in [0, 0.05) is 19.3 Å². The van der Waals surface area contributed by atoms with Crippen LogP contribution < -0.4 is 5.56 Å². The van der Waals surface area contributed by atoms with Crippen LogP contribution in [0.1, 0.15) is 78.0 Å². The number of hydrogen-bond acceptors (Lipinski definition) is 11. The largest absolute Gasteiger partial charge is 0.472 e. The van der Waals surface area contributed by atoms with Gasteiger partial charge in [-0.05, 0) is 49.8 Å². The molecular formula is C33H37NO11. The number of aromatic nitrogens is 1. The lowest BCUT2D eigenvalue weighted by molar-refractivity contribution is -0.311. The number of hydrogen-bond donors (Lipinski definition) is 1. The second-order valence-electron chi connectivity index (χ2n) is 13.0. The van der Waals surface area contributed by atoms with Crippen molar-refractivity contribution in [3.63, 3.8) is 0 Å². The molecular weight excluding hydrogens is 586 g/mol. The zero-order valence-electron chi connectivity index (χ0n) is 25.8.